The molecule has 0 bridgehead atoms. The lowest BCUT2D eigenvalue weighted by atomic mass is 10.2. The molecule has 1 aliphatic heterocycles. The van der Waals surface area contributed by atoms with E-state index >= 15 is 0 Å². The van der Waals surface area contributed by atoms with Crippen molar-refractivity contribution in [2.75, 3.05) is 19.3 Å². The number of hydrogen-bond donors (Lipinski definition) is 1. The minimum atomic E-state index is -0.684. The van der Waals surface area contributed by atoms with Crippen LogP contribution in [0.3, 0.4) is 0 Å². The van der Waals surface area contributed by atoms with Gasteiger partial charge in [0.2, 0.25) is 0 Å². The van der Waals surface area contributed by atoms with Gasteiger partial charge in [0.15, 0.2) is 6.10 Å². The summed E-state index contributed by atoms with van der Waals surface area (Å²) in [5, 5.41) is 0. The Hall–Kier alpha value is -1.56. The lowest BCUT2D eigenvalue weighted by Gasteiger charge is -2.12. The number of likely N-dealkylation sites (tertiary alicyclic amines) is 1. The summed E-state index contributed by atoms with van der Waals surface area (Å²) in [5.74, 6) is -0.703. The summed E-state index contributed by atoms with van der Waals surface area (Å²) >= 11 is 3.24. The van der Waals surface area contributed by atoms with E-state index in [4.69, 9.17) is 10.5 Å². The van der Waals surface area contributed by atoms with Crippen LogP contribution < -0.4 is 5.73 Å². The van der Waals surface area contributed by atoms with E-state index in [-0.39, 0.29) is 5.91 Å². The van der Waals surface area contributed by atoms with Crippen molar-refractivity contribution in [3.63, 3.8) is 0 Å². The summed E-state index contributed by atoms with van der Waals surface area (Å²) in [6.45, 7) is 0.606. The molecule has 1 fully saturated rings. The first-order valence-electron chi connectivity index (χ1n) is 5.50. The number of anilines is 1. The van der Waals surface area contributed by atoms with Crippen LogP contribution in [-0.4, -0.2) is 36.5 Å². The third-order valence-electron chi connectivity index (χ3n) is 2.88. The third kappa shape index (κ3) is 2.33. The van der Waals surface area contributed by atoms with Gasteiger partial charge in [-0.3, -0.25) is 4.79 Å². The lowest BCUT2D eigenvalue weighted by Crippen LogP contribution is -2.29. The second kappa shape index (κ2) is 4.97. The fraction of sp³-hybridized carbons (Fsp3) is 0.333. The van der Waals surface area contributed by atoms with Crippen molar-refractivity contribution >= 4 is 33.5 Å². The second-order valence-corrected chi connectivity index (χ2v) is 4.94. The highest BCUT2D eigenvalue weighted by molar-refractivity contribution is 9.10. The normalized spacial score (nSPS) is 19.1. The van der Waals surface area contributed by atoms with E-state index in [0.29, 0.717) is 28.7 Å². The summed E-state index contributed by atoms with van der Waals surface area (Å²) in [4.78, 5) is 25.1. The van der Waals surface area contributed by atoms with Crippen molar-refractivity contribution in [2.45, 2.75) is 12.5 Å². The van der Waals surface area contributed by atoms with Crippen LogP contribution in [0.25, 0.3) is 0 Å². The SMILES string of the molecule is CN1CCC(OC(=O)c2cccc(N)c2Br)C1=O. The molecule has 6 heteroatoms. The van der Waals surface area contributed by atoms with Crippen LogP contribution in [0.4, 0.5) is 5.69 Å². The first-order chi connectivity index (χ1) is 8.50. The average Bonchev–Trinajstić information content (AvgIpc) is 2.64. The topological polar surface area (TPSA) is 72.6 Å². The first kappa shape index (κ1) is 12.9. The summed E-state index contributed by atoms with van der Waals surface area (Å²) in [6.07, 6.45) is -0.156. The number of carbonyl (C=O) groups is 2. The summed E-state index contributed by atoms with van der Waals surface area (Å²) < 4.78 is 5.69. The van der Waals surface area contributed by atoms with Crippen LogP contribution >= 0.6 is 15.9 Å². The third-order valence-corrected chi connectivity index (χ3v) is 3.76. The van der Waals surface area contributed by atoms with Gasteiger partial charge in [0, 0.05) is 25.7 Å². The zero-order chi connectivity index (χ0) is 13.3. The number of benzene rings is 1. The molecule has 1 aliphatic rings. The smallest absolute Gasteiger partial charge is 0.340 e. The summed E-state index contributed by atoms with van der Waals surface area (Å²) in [7, 11) is 1.69. The molecule has 5 nitrogen and oxygen atoms in total. The van der Waals surface area contributed by atoms with Gasteiger partial charge in [0.05, 0.1) is 10.0 Å². The van der Waals surface area contributed by atoms with Gasteiger partial charge in [0.1, 0.15) is 0 Å². The van der Waals surface area contributed by atoms with E-state index in [9.17, 15) is 9.59 Å². The number of rotatable bonds is 2. The predicted molar refractivity (Wildman–Crippen MR) is 70.0 cm³/mol. The number of nitrogens with two attached hydrogens (primary N) is 1. The largest absolute Gasteiger partial charge is 0.449 e. The molecule has 0 aromatic heterocycles. The molecular weight excluding hydrogens is 300 g/mol. The molecule has 18 heavy (non-hydrogen) atoms. The maximum Gasteiger partial charge on any atom is 0.340 e. The molecule has 1 saturated heterocycles. The fourth-order valence-electron chi connectivity index (χ4n) is 1.80. The van der Waals surface area contributed by atoms with E-state index in [1.54, 1.807) is 30.1 Å². The number of likely N-dealkylation sites (N-methyl/N-ethyl adjacent to an activating group) is 1. The number of nitrogen functional groups attached to an aromatic ring is 1. The molecule has 1 heterocycles. The number of ether oxygens (including phenoxy) is 1. The molecule has 0 saturated carbocycles. The van der Waals surface area contributed by atoms with Gasteiger partial charge in [-0.2, -0.15) is 0 Å². The van der Waals surface area contributed by atoms with Gasteiger partial charge in [-0.15, -0.1) is 0 Å². The van der Waals surface area contributed by atoms with Gasteiger partial charge >= 0.3 is 5.97 Å². The molecular formula is C12H13BrN2O3. The van der Waals surface area contributed by atoms with Crippen LogP contribution in [-0.2, 0) is 9.53 Å². The van der Waals surface area contributed by atoms with Crippen molar-refractivity contribution in [1.29, 1.82) is 0 Å². The Kier molecular flexibility index (Phi) is 3.56. The van der Waals surface area contributed by atoms with Gasteiger partial charge in [-0.05, 0) is 28.1 Å². The Bertz CT molecular complexity index is 504. The van der Waals surface area contributed by atoms with Crippen molar-refractivity contribution in [3.8, 4) is 0 Å². The van der Waals surface area contributed by atoms with Crippen LogP contribution in [0.1, 0.15) is 16.8 Å². The quantitative estimate of drug-likeness (QED) is 0.662. The first-order valence-corrected chi connectivity index (χ1v) is 6.30. The van der Waals surface area contributed by atoms with Gasteiger partial charge in [0.25, 0.3) is 5.91 Å². The molecule has 1 aromatic rings. The maximum absolute atomic E-state index is 11.9. The maximum atomic E-state index is 11.9. The molecule has 2 N–H and O–H groups in total. The molecule has 0 spiro atoms. The highest BCUT2D eigenvalue weighted by atomic mass is 79.9. The molecule has 1 atom stereocenters. The minimum absolute atomic E-state index is 0.164. The van der Waals surface area contributed by atoms with Gasteiger partial charge in [-0.1, -0.05) is 6.07 Å². The number of nitrogens with zero attached hydrogens (tertiary/aromatic N) is 1. The number of esters is 1. The number of hydrogen-bond acceptors (Lipinski definition) is 4. The highest BCUT2D eigenvalue weighted by Gasteiger charge is 2.32. The Morgan fingerprint density at radius 1 is 1.56 bits per heavy atom. The van der Waals surface area contributed by atoms with Crippen LogP contribution in [0.5, 0.6) is 0 Å². The van der Waals surface area contributed by atoms with E-state index < -0.39 is 12.1 Å². The lowest BCUT2D eigenvalue weighted by molar-refractivity contribution is -0.133. The van der Waals surface area contributed by atoms with Crippen LogP contribution in [0.2, 0.25) is 0 Å². The Balaban J connectivity index is 2.13. The summed E-state index contributed by atoms with van der Waals surface area (Å²) in [6, 6.07) is 4.95. The zero-order valence-electron chi connectivity index (χ0n) is 9.85. The number of halogens is 1. The molecule has 1 unspecified atom stereocenters. The van der Waals surface area contributed by atoms with Crippen molar-refractivity contribution in [3.05, 3.63) is 28.2 Å². The van der Waals surface area contributed by atoms with Crippen molar-refractivity contribution < 1.29 is 14.3 Å². The minimum Gasteiger partial charge on any atom is -0.449 e. The average molecular weight is 313 g/mol. The number of amides is 1. The fourth-order valence-corrected chi connectivity index (χ4v) is 2.23. The van der Waals surface area contributed by atoms with Gasteiger partial charge in [-0.25, -0.2) is 4.79 Å². The van der Waals surface area contributed by atoms with E-state index in [0.717, 1.165) is 0 Å². The van der Waals surface area contributed by atoms with Crippen molar-refractivity contribution in [1.82, 2.24) is 4.90 Å². The zero-order valence-corrected chi connectivity index (χ0v) is 11.4. The standard InChI is InChI=1S/C12H13BrN2O3/c1-15-6-5-9(11(15)16)18-12(17)7-3-2-4-8(14)10(7)13/h2-4,9H,5-6,14H2,1H3. The van der Waals surface area contributed by atoms with Crippen LogP contribution in [0.15, 0.2) is 22.7 Å². The molecule has 0 aliphatic carbocycles. The Morgan fingerprint density at radius 3 is 2.89 bits per heavy atom. The van der Waals surface area contributed by atoms with Crippen molar-refractivity contribution in [2.24, 2.45) is 0 Å². The molecule has 96 valence electrons. The Morgan fingerprint density at radius 2 is 2.28 bits per heavy atom. The number of carbonyl (C=O) groups excluding carboxylic acids is 2. The second-order valence-electron chi connectivity index (χ2n) is 4.15. The van der Waals surface area contributed by atoms with E-state index in [2.05, 4.69) is 15.9 Å². The van der Waals surface area contributed by atoms with Crippen LogP contribution in [0, 0.1) is 0 Å². The molecule has 0 radical (unpaired) electrons. The monoisotopic (exact) mass is 312 g/mol. The molecule has 1 aromatic carbocycles. The van der Waals surface area contributed by atoms with Gasteiger partial charge < -0.3 is 15.4 Å². The van der Waals surface area contributed by atoms with E-state index in [1.807, 2.05) is 0 Å². The summed E-state index contributed by atoms with van der Waals surface area (Å²) in [5.41, 5.74) is 6.47. The Labute approximate surface area is 113 Å². The highest BCUT2D eigenvalue weighted by Crippen LogP contribution is 2.25. The predicted octanol–water partition coefficient (Wildman–Crippen LogP) is 1.42. The molecule has 2 rings (SSSR count). The molecule has 1 amide bonds. The van der Waals surface area contributed by atoms with E-state index in [1.165, 1.54) is 0 Å².